The van der Waals surface area contributed by atoms with Gasteiger partial charge >= 0.3 is 0 Å². The molecule has 0 fully saturated rings. The van der Waals surface area contributed by atoms with Gasteiger partial charge in [-0.25, -0.2) is 0 Å². The largest absolute Gasteiger partial charge is 0.0874 e. The van der Waals surface area contributed by atoms with Gasteiger partial charge in [0.25, 0.3) is 0 Å². The Kier molecular flexibility index (Phi) is 4.27. The van der Waals surface area contributed by atoms with Crippen LogP contribution in [0.15, 0.2) is 65.3 Å². The molecule has 1 aliphatic carbocycles. The first-order valence-electron chi connectivity index (χ1n) is 7.93. The molecule has 0 spiro atoms. The molecule has 2 rings (SSSR count). The summed E-state index contributed by atoms with van der Waals surface area (Å²) in [6, 6.07) is 11.0. The van der Waals surface area contributed by atoms with Crippen LogP contribution in [0.4, 0.5) is 0 Å². The van der Waals surface area contributed by atoms with Crippen molar-refractivity contribution >= 4 is 0 Å². The molecule has 2 atom stereocenters. The maximum Gasteiger partial charge on any atom is 0.0145 e. The van der Waals surface area contributed by atoms with Crippen LogP contribution in [0.2, 0.25) is 0 Å². The zero-order valence-electron chi connectivity index (χ0n) is 14.3. The van der Waals surface area contributed by atoms with Crippen LogP contribution in [-0.4, -0.2) is 0 Å². The van der Waals surface area contributed by atoms with Crippen molar-refractivity contribution in [2.45, 2.75) is 53.4 Å². The molecule has 0 nitrogen and oxygen atoms in total. The predicted molar refractivity (Wildman–Crippen MR) is 93.5 cm³/mol. The summed E-state index contributed by atoms with van der Waals surface area (Å²) in [5.41, 5.74) is 6.19. The molecule has 1 aromatic carbocycles. The summed E-state index contributed by atoms with van der Waals surface area (Å²) in [7, 11) is 0. The molecule has 0 heterocycles. The molecule has 0 aromatic heterocycles. The van der Waals surface area contributed by atoms with E-state index in [4.69, 9.17) is 0 Å². The molecular weight excluding hydrogens is 252 g/mol. The smallest absolute Gasteiger partial charge is 0.0145 e. The lowest BCUT2D eigenvalue weighted by Gasteiger charge is -2.33. The Morgan fingerprint density at radius 3 is 2.14 bits per heavy atom. The van der Waals surface area contributed by atoms with Gasteiger partial charge in [0.2, 0.25) is 0 Å². The van der Waals surface area contributed by atoms with Crippen LogP contribution in [0, 0.1) is 5.41 Å². The fourth-order valence-electron chi connectivity index (χ4n) is 4.02. The fraction of sp³-hybridized carbons (Fsp3) is 0.429. The summed E-state index contributed by atoms with van der Waals surface area (Å²) >= 11 is 0. The highest BCUT2D eigenvalue weighted by Gasteiger charge is 2.47. The SMILES string of the molecule is CC=CC(=CC)C1(C)CC(C)(c2ccccc2)C(C)=C1C. The minimum Gasteiger partial charge on any atom is -0.0874 e. The average Bonchev–Trinajstić information content (AvgIpc) is 2.68. The van der Waals surface area contributed by atoms with E-state index in [0.29, 0.717) is 0 Å². The van der Waals surface area contributed by atoms with Crippen molar-refractivity contribution in [3.63, 3.8) is 0 Å². The topological polar surface area (TPSA) is 0 Å². The third-order valence-electron chi connectivity index (χ3n) is 5.63. The maximum absolute atomic E-state index is 2.40. The first kappa shape index (κ1) is 15.8. The van der Waals surface area contributed by atoms with Gasteiger partial charge in [-0.1, -0.05) is 73.6 Å². The normalized spacial score (nSPS) is 30.5. The average molecular weight is 280 g/mol. The second-order valence-corrected chi connectivity index (χ2v) is 6.70. The van der Waals surface area contributed by atoms with E-state index >= 15 is 0 Å². The Morgan fingerprint density at radius 1 is 1.00 bits per heavy atom. The number of hydrogen-bond donors (Lipinski definition) is 0. The molecule has 0 N–H and O–H groups in total. The molecule has 0 heteroatoms. The third kappa shape index (κ3) is 2.41. The molecule has 2 unspecified atom stereocenters. The highest BCUT2D eigenvalue weighted by Crippen LogP contribution is 2.57. The van der Waals surface area contributed by atoms with E-state index in [0.717, 1.165) is 6.42 Å². The van der Waals surface area contributed by atoms with Crippen LogP contribution in [-0.2, 0) is 5.41 Å². The molecule has 0 saturated heterocycles. The van der Waals surface area contributed by atoms with Gasteiger partial charge in [0, 0.05) is 10.8 Å². The summed E-state index contributed by atoms with van der Waals surface area (Å²) < 4.78 is 0. The van der Waals surface area contributed by atoms with Crippen LogP contribution in [0.3, 0.4) is 0 Å². The fourth-order valence-corrected chi connectivity index (χ4v) is 4.02. The Labute approximate surface area is 130 Å². The molecule has 0 bridgehead atoms. The van der Waals surface area contributed by atoms with Gasteiger partial charge in [0.05, 0.1) is 0 Å². The molecular formula is C21H28. The zero-order chi connectivity index (χ0) is 15.7. The van der Waals surface area contributed by atoms with Crippen molar-refractivity contribution in [1.82, 2.24) is 0 Å². The van der Waals surface area contributed by atoms with E-state index in [2.05, 4.69) is 90.1 Å². The Morgan fingerprint density at radius 2 is 1.62 bits per heavy atom. The Hall–Kier alpha value is -1.56. The zero-order valence-corrected chi connectivity index (χ0v) is 14.3. The lowest BCUT2D eigenvalue weighted by Crippen LogP contribution is -2.25. The molecule has 1 aliphatic rings. The third-order valence-corrected chi connectivity index (χ3v) is 5.63. The summed E-state index contributed by atoms with van der Waals surface area (Å²) in [6.07, 6.45) is 7.84. The molecule has 0 amide bonds. The predicted octanol–water partition coefficient (Wildman–Crippen LogP) is 6.21. The van der Waals surface area contributed by atoms with Crippen molar-refractivity contribution < 1.29 is 0 Å². The molecule has 0 aliphatic heterocycles. The van der Waals surface area contributed by atoms with Gasteiger partial charge < -0.3 is 0 Å². The van der Waals surface area contributed by atoms with Crippen molar-refractivity contribution in [1.29, 1.82) is 0 Å². The maximum atomic E-state index is 2.40. The van der Waals surface area contributed by atoms with Crippen molar-refractivity contribution in [3.8, 4) is 0 Å². The lowest BCUT2D eigenvalue weighted by molar-refractivity contribution is 0.394. The number of allylic oxidation sites excluding steroid dienone is 6. The summed E-state index contributed by atoms with van der Waals surface area (Å²) in [4.78, 5) is 0. The molecule has 1 aromatic rings. The summed E-state index contributed by atoms with van der Waals surface area (Å²) in [6.45, 7) is 13.7. The minimum absolute atomic E-state index is 0.135. The second-order valence-electron chi connectivity index (χ2n) is 6.70. The monoisotopic (exact) mass is 280 g/mol. The summed E-state index contributed by atoms with van der Waals surface area (Å²) in [5, 5.41) is 0. The molecule has 21 heavy (non-hydrogen) atoms. The first-order valence-corrected chi connectivity index (χ1v) is 7.93. The van der Waals surface area contributed by atoms with Crippen molar-refractivity contribution in [2.75, 3.05) is 0 Å². The summed E-state index contributed by atoms with van der Waals surface area (Å²) in [5.74, 6) is 0. The minimum atomic E-state index is 0.135. The van der Waals surface area contributed by atoms with Crippen LogP contribution in [0.1, 0.15) is 53.5 Å². The van der Waals surface area contributed by atoms with Gasteiger partial charge in [0.15, 0.2) is 0 Å². The van der Waals surface area contributed by atoms with Gasteiger partial charge in [-0.15, -0.1) is 0 Å². The van der Waals surface area contributed by atoms with E-state index in [9.17, 15) is 0 Å². The van der Waals surface area contributed by atoms with Gasteiger partial charge in [-0.05, 0) is 45.3 Å². The Bertz CT molecular complexity index is 600. The van der Waals surface area contributed by atoms with E-state index in [1.54, 1.807) is 0 Å². The number of hydrogen-bond acceptors (Lipinski definition) is 0. The Balaban J connectivity index is 2.55. The molecule has 0 radical (unpaired) electrons. The number of benzene rings is 1. The molecule has 0 saturated carbocycles. The van der Waals surface area contributed by atoms with Crippen LogP contribution >= 0.6 is 0 Å². The first-order chi connectivity index (χ1) is 9.90. The van der Waals surface area contributed by atoms with E-state index in [1.165, 1.54) is 22.3 Å². The van der Waals surface area contributed by atoms with Gasteiger partial charge in [-0.2, -0.15) is 0 Å². The second kappa shape index (κ2) is 5.67. The van der Waals surface area contributed by atoms with Crippen molar-refractivity contribution in [3.05, 3.63) is 70.8 Å². The lowest BCUT2D eigenvalue weighted by atomic mass is 9.70. The van der Waals surface area contributed by atoms with Gasteiger partial charge in [0.1, 0.15) is 0 Å². The highest BCUT2D eigenvalue weighted by atomic mass is 14.5. The standard InChI is InChI=1S/C21H28/c1-7-12-18(8-2)20(5)15-21(6,17(4)16(20)3)19-13-10-9-11-14-19/h7-14H,15H2,1-6H3. The highest BCUT2D eigenvalue weighted by molar-refractivity contribution is 5.49. The molecule has 112 valence electrons. The van der Waals surface area contributed by atoms with Crippen LogP contribution < -0.4 is 0 Å². The van der Waals surface area contributed by atoms with E-state index in [-0.39, 0.29) is 10.8 Å². The van der Waals surface area contributed by atoms with E-state index < -0.39 is 0 Å². The van der Waals surface area contributed by atoms with Crippen LogP contribution in [0.25, 0.3) is 0 Å². The van der Waals surface area contributed by atoms with Crippen molar-refractivity contribution in [2.24, 2.45) is 5.41 Å². The quantitative estimate of drug-likeness (QED) is 0.456. The van der Waals surface area contributed by atoms with E-state index in [1.807, 2.05) is 0 Å². The number of rotatable bonds is 3. The van der Waals surface area contributed by atoms with Gasteiger partial charge in [-0.3, -0.25) is 0 Å². The van der Waals surface area contributed by atoms with Crippen LogP contribution in [0.5, 0.6) is 0 Å².